The van der Waals surface area contributed by atoms with Crippen molar-refractivity contribution < 1.29 is 9.90 Å². The molecule has 108 valence electrons. The number of carboxylic acids is 1. The SMILES string of the molecule is CC(C)N(C)CCCn1nnc2cccc(C(=O)O)c21. The summed E-state index contributed by atoms with van der Waals surface area (Å²) < 4.78 is 1.69. The number of carboxylic acid groups (broad SMARTS) is 1. The lowest BCUT2D eigenvalue weighted by molar-refractivity contribution is 0.0698. The zero-order valence-electron chi connectivity index (χ0n) is 12.1. The minimum Gasteiger partial charge on any atom is -0.478 e. The zero-order chi connectivity index (χ0) is 14.7. The van der Waals surface area contributed by atoms with Crippen LogP contribution in [-0.2, 0) is 6.54 Å². The van der Waals surface area contributed by atoms with Gasteiger partial charge in [0.15, 0.2) is 0 Å². The van der Waals surface area contributed by atoms with Crippen molar-refractivity contribution >= 4 is 17.0 Å². The molecule has 0 amide bonds. The van der Waals surface area contributed by atoms with Gasteiger partial charge in [-0.3, -0.25) is 0 Å². The maximum absolute atomic E-state index is 11.3. The maximum Gasteiger partial charge on any atom is 0.337 e. The predicted octanol–water partition coefficient (Wildman–Crippen LogP) is 1.86. The second-order valence-electron chi connectivity index (χ2n) is 5.22. The van der Waals surface area contributed by atoms with Crippen molar-refractivity contribution in [1.29, 1.82) is 0 Å². The Kier molecular flexibility index (Phi) is 4.34. The number of benzene rings is 1. The molecule has 0 atom stereocenters. The molecule has 0 aliphatic rings. The summed E-state index contributed by atoms with van der Waals surface area (Å²) in [5, 5.41) is 17.3. The Bertz CT molecular complexity index is 606. The van der Waals surface area contributed by atoms with Crippen LogP contribution in [0, 0.1) is 0 Å². The van der Waals surface area contributed by atoms with Crippen molar-refractivity contribution in [2.45, 2.75) is 32.9 Å². The quantitative estimate of drug-likeness (QED) is 0.872. The van der Waals surface area contributed by atoms with E-state index in [-0.39, 0.29) is 5.56 Å². The minimum atomic E-state index is -0.946. The van der Waals surface area contributed by atoms with Gasteiger partial charge in [-0.1, -0.05) is 11.3 Å². The van der Waals surface area contributed by atoms with Crippen molar-refractivity contribution in [3.05, 3.63) is 23.8 Å². The van der Waals surface area contributed by atoms with Crippen molar-refractivity contribution in [3.8, 4) is 0 Å². The van der Waals surface area contributed by atoms with Crippen LogP contribution in [0.3, 0.4) is 0 Å². The van der Waals surface area contributed by atoms with E-state index in [9.17, 15) is 9.90 Å². The molecule has 0 bridgehead atoms. The number of aromatic nitrogens is 3. The van der Waals surface area contributed by atoms with Gasteiger partial charge in [0.1, 0.15) is 11.0 Å². The number of aromatic carboxylic acids is 1. The lowest BCUT2D eigenvalue weighted by Crippen LogP contribution is -2.28. The number of hydrogen-bond acceptors (Lipinski definition) is 4. The van der Waals surface area contributed by atoms with E-state index in [1.165, 1.54) is 0 Å². The molecule has 1 aromatic carbocycles. The fourth-order valence-electron chi connectivity index (χ4n) is 2.09. The number of fused-ring (bicyclic) bond motifs is 1. The lowest BCUT2D eigenvalue weighted by atomic mass is 10.2. The third-order valence-electron chi connectivity index (χ3n) is 3.53. The van der Waals surface area contributed by atoms with Crippen LogP contribution in [-0.4, -0.2) is 50.6 Å². The van der Waals surface area contributed by atoms with Crippen molar-refractivity contribution in [3.63, 3.8) is 0 Å². The van der Waals surface area contributed by atoms with E-state index in [2.05, 4.69) is 36.1 Å². The van der Waals surface area contributed by atoms with Gasteiger partial charge in [-0.15, -0.1) is 5.10 Å². The van der Waals surface area contributed by atoms with Crippen LogP contribution in [0.1, 0.15) is 30.6 Å². The molecule has 0 aliphatic heterocycles. The van der Waals surface area contributed by atoms with Gasteiger partial charge in [0, 0.05) is 12.6 Å². The summed E-state index contributed by atoms with van der Waals surface area (Å²) in [6.45, 7) is 5.90. The smallest absolute Gasteiger partial charge is 0.337 e. The summed E-state index contributed by atoms with van der Waals surface area (Å²) in [6.07, 6.45) is 0.904. The highest BCUT2D eigenvalue weighted by Crippen LogP contribution is 2.17. The Morgan fingerprint density at radius 1 is 1.45 bits per heavy atom. The van der Waals surface area contributed by atoms with Gasteiger partial charge < -0.3 is 10.0 Å². The van der Waals surface area contributed by atoms with Crippen molar-refractivity contribution in [1.82, 2.24) is 19.9 Å². The fourth-order valence-corrected chi connectivity index (χ4v) is 2.09. The maximum atomic E-state index is 11.3. The molecular weight excluding hydrogens is 256 g/mol. The molecule has 0 saturated heterocycles. The molecule has 0 saturated carbocycles. The molecule has 20 heavy (non-hydrogen) atoms. The van der Waals surface area contributed by atoms with E-state index in [0.29, 0.717) is 23.6 Å². The topological polar surface area (TPSA) is 71.2 Å². The molecule has 0 spiro atoms. The molecular formula is C14H20N4O2. The van der Waals surface area contributed by atoms with Crippen LogP contribution < -0.4 is 0 Å². The second kappa shape index (κ2) is 6.00. The van der Waals surface area contributed by atoms with Crippen LogP contribution in [0.4, 0.5) is 0 Å². The molecule has 0 fully saturated rings. The Morgan fingerprint density at radius 2 is 2.20 bits per heavy atom. The highest BCUT2D eigenvalue weighted by Gasteiger charge is 2.14. The first kappa shape index (κ1) is 14.5. The summed E-state index contributed by atoms with van der Waals surface area (Å²) in [4.78, 5) is 13.5. The molecule has 1 heterocycles. The van der Waals surface area contributed by atoms with Gasteiger partial charge in [0.2, 0.25) is 0 Å². The number of nitrogens with zero attached hydrogens (tertiary/aromatic N) is 4. The van der Waals surface area contributed by atoms with Crippen LogP contribution in [0.5, 0.6) is 0 Å². The third-order valence-corrected chi connectivity index (χ3v) is 3.53. The highest BCUT2D eigenvalue weighted by molar-refractivity contribution is 6.00. The summed E-state index contributed by atoms with van der Waals surface area (Å²) in [5.74, 6) is -0.946. The van der Waals surface area contributed by atoms with Gasteiger partial charge >= 0.3 is 5.97 Å². The number of rotatable bonds is 6. The standard InChI is InChI=1S/C14H20N4O2/c1-10(2)17(3)8-5-9-18-13-11(14(19)20)6-4-7-12(13)15-16-18/h4,6-7,10H,5,8-9H2,1-3H3,(H,19,20). The van der Waals surface area contributed by atoms with Crippen LogP contribution in [0.15, 0.2) is 18.2 Å². The van der Waals surface area contributed by atoms with Crippen LogP contribution in [0.2, 0.25) is 0 Å². The van der Waals surface area contributed by atoms with Gasteiger partial charge in [-0.25, -0.2) is 9.48 Å². The lowest BCUT2D eigenvalue weighted by Gasteiger charge is -2.20. The molecule has 0 unspecified atom stereocenters. The molecule has 6 heteroatoms. The summed E-state index contributed by atoms with van der Waals surface area (Å²) in [5.41, 5.74) is 1.49. The first-order valence-corrected chi connectivity index (χ1v) is 6.76. The van der Waals surface area contributed by atoms with E-state index in [0.717, 1.165) is 13.0 Å². The zero-order valence-corrected chi connectivity index (χ0v) is 12.1. The van der Waals surface area contributed by atoms with Crippen molar-refractivity contribution in [2.75, 3.05) is 13.6 Å². The fraction of sp³-hybridized carbons (Fsp3) is 0.500. The summed E-state index contributed by atoms with van der Waals surface area (Å²) in [6, 6.07) is 5.56. The molecule has 2 rings (SSSR count). The van der Waals surface area contributed by atoms with E-state index >= 15 is 0 Å². The third kappa shape index (κ3) is 2.96. The van der Waals surface area contributed by atoms with Crippen LogP contribution >= 0.6 is 0 Å². The average Bonchev–Trinajstić information content (AvgIpc) is 2.81. The first-order chi connectivity index (χ1) is 9.50. The number of hydrogen-bond donors (Lipinski definition) is 1. The summed E-state index contributed by atoms with van der Waals surface area (Å²) in [7, 11) is 2.08. The Balaban J connectivity index is 2.17. The van der Waals surface area contributed by atoms with Crippen LogP contribution in [0.25, 0.3) is 11.0 Å². The predicted molar refractivity (Wildman–Crippen MR) is 76.9 cm³/mol. The Labute approximate surface area is 118 Å². The van der Waals surface area contributed by atoms with Gasteiger partial charge in [-0.05, 0) is 46.0 Å². The molecule has 6 nitrogen and oxygen atoms in total. The van der Waals surface area contributed by atoms with Gasteiger partial charge in [0.25, 0.3) is 0 Å². The second-order valence-corrected chi connectivity index (χ2v) is 5.22. The summed E-state index contributed by atoms with van der Waals surface area (Å²) >= 11 is 0. The Morgan fingerprint density at radius 3 is 2.85 bits per heavy atom. The Hall–Kier alpha value is -1.95. The number of carbonyl (C=O) groups is 1. The van der Waals surface area contributed by atoms with E-state index in [4.69, 9.17) is 0 Å². The first-order valence-electron chi connectivity index (χ1n) is 6.76. The van der Waals surface area contributed by atoms with Crippen molar-refractivity contribution in [2.24, 2.45) is 0 Å². The average molecular weight is 276 g/mol. The number of aryl methyl sites for hydroxylation is 1. The number of para-hydroxylation sites is 1. The molecule has 0 radical (unpaired) electrons. The van der Waals surface area contributed by atoms with Gasteiger partial charge in [0.05, 0.1) is 5.56 Å². The van der Waals surface area contributed by atoms with E-state index < -0.39 is 5.97 Å². The van der Waals surface area contributed by atoms with E-state index in [1.54, 1.807) is 22.9 Å². The molecule has 2 aromatic rings. The monoisotopic (exact) mass is 276 g/mol. The largest absolute Gasteiger partial charge is 0.478 e. The normalized spacial score (nSPS) is 11.7. The molecule has 0 aliphatic carbocycles. The molecule has 1 N–H and O–H groups in total. The highest BCUT2D eigenvalue weighted by atomic mass is 16.4. The minimum absolute atomic E-state index is 0.254. The van der Waals surface area contributed by atoms with E-state index in [1.807, 2.05) is 0 Å². The molecule has 1 aromatic heterocycles. The van der Waals surface area contributed by atoms with Gasteiger partial charge in [-0.2, -0.15) is 0 Å².